The number of carbonyl (C=O) groups excluding carboxylic acids is 2. The molecular formula is C23H30ClN3O2S. The number of hydrogen-bond acceptors (Lipinski definition) is 4. The number of thioether (sulfide) groups is 1. The highest BCUT2D eigenvalue weighted by molar-refractivity contribution is 8.04. The minimum Gasteiger partial charge on any atom is -0.339 e. The zero-order valence-corrected chi connectivity index (χ0v) is 19.1. The van der Waals surface area contributed by atoms with Crippen LogP contribution in [-0.2, 0) is 9.59 Å². The van der Waals surface area contributed by atoms with Gasteiger partial charge in [-0.2, -0.15) is 0 Å². The maximum absolute atomic E-state index is 13.4. The summed E-state index contributed by atoms with van der Waals surface area (Å²) in [5.74, 6) is 0.0705. The normalized spacial score (nSPS) is 26.7. The van der Waals surface area contributed by atoms with Crippen molar-refractivity contribution in [2.75, 3.05) is 39.3 Å². The highest BCUT2D eigenvalue weighted by atomic mass is 35.5. The van der Waals surface area contributed by atoms with Crippen LogP contribution >= 0.6 is 23.4 Å². The molecule has 3 fully saturated rings. The van der Waals surface area contributed by atoms with Gasteiger partial charge in [-0.15, -0.1) is 11.8 Å². The molecule has 1 aliphatic carbocycles. The Morgan fingerprint density at radius 1 is 1.20 bits per heavy atom. The van der Waals surface area contributed by atoms with Gasteiger partial charge in [-0.25, -0.2) is 0 Å². The minimum atomic E-state index is -0.0105. The third-order valence-electron chi connectivity index (χ3n) is 6.44. The molecule has 0 aromatic heterocycles. The molecule has 1 aromatic rings. The van der Waals surface area contributed by atoms with Gasteiger partial charge in [0.15, 0.2) is 0 Å². The molecule has 7 heteroatoms. The fraction of sp³-hybridized carbons (Fsp3) is 0.565. The summed E-state index contributed by atoms with van der Waals surface area (Å²) in [7, 11) is 0. The SMILES string of the molecule is CCN1CCN(C(=O)CN2C(=O)/C(=C\c3cccc(Cl)c3)SC3CCCCC32)CC1. The Bertz CT molecular complexity index is 822. The van der Waals surface area contributed by atoms with Crippen LogP contribution in [0.5, 0.6) is 0 Å². The quantitative estimate of drug-likeness (QED) is 0.659. The van der Waals surface area contributed by atoms with Gasteiger partial charge in [0.25, 0.3) is 5.91 Å². The number of rotatable bonds is 4. The molecule has 2 heterocycles. The van der Waals surface area contributed by atoms with Crippen LogP contribution in [0.25, 0.3) is 6.08 Å². The van der Waals surface area contributed by atoms with E-state index in [1.165, 1.54) is 6.42 Å². The van der Waals surface area contributed by atoms with Crippen LogP contribution < -0.4 is 0 Å². The second kappa shape index (κ2) is 9.75. The summed E-state index contributed by atoms with van der Waals surface area (Å²) in [6.45, 7) is 6.70. The van der Waals surface area contributed by atoms with Gasteiger partial charge in [0, 0.05) is 42.5 Å². The van der Waals surface area contributed by atoms with Gasteiger partial charge in [0.1, 0.15) is 6.54 Å². The van der Waals surface area contributed by atoms with E-state index < -0.39 is 0 Å². The molecule has 3 aliphatic rings. The number of hydrogen-bond donors (Lipinski definition) is 0. The number of fused-ring (bicyclic) bond motifs is 1. The predicted octanol–water partition coefficient (Wildman–Crippen LogP) is 3.73. The minimum absolute atomic E-state index is 0.0105. The van der Waals surface area contributed by atoms with Gasteiger partial charge in [-0.3, -0.25) is 9.59 Å². The van der Waals surface area contributed by atoms with Gasteiger partial charge >= 0.3 is 0 Å². The topological polar surface area (TPSA) is 43.9 Å². The predicted molar refractivity (Wildman–Crippen MR) is 123 cm³/mol. The Labute approximate surface area is 188 Å². The summed E-state index contributed by atoms with van der Waals surface area (Å²) < 4.78 is 0. The molecular weight excluding hydrogens is 418 g/mol. The molecule has 2 amide bonds. The summed E-state index contributed by atoms with van der Waals surface area (Å²) in [6.07, 6.45) is 6.33. The standard InChI is InChI=1S/C23H30ClN3O2S/c1-2-25-10-12-26(13-11-25)22(28)16-27-19-8-3-4-9-20(19)30-21(23(27)29)15-17-6-5-7-18(24)14-17/h5-7,14-15,19-20H,2-4,8-13,16H2,1H3/b21-15+. The van der Waals surface area contributed by atoms with Crippen molar-refractivity contribution in [1.29, 1.82) is 0 Å². The van der Waals surface area contributed by atoms with Crippen LogP contribution in [0, 0.1) is 0 Å². The van der Waals surface area contributed by atoms with Gasteiger partial charge in [0.05, 0.1) is 4.91 Å². The molecule has 0 spiro atoms. The number of amides is 2. The molecule has 2 unspecified atom stereocenters. The van der Waals surface area contributed by atoms with Crippen LogP contribution in [0.15, 0.2) is 29.2 Å². The third-order valence-corrected chi connectivity index (χ3v) is 8.08. The average Bonchev–Trinajstić information content (AvgIpc) is 2.76. The largest absolute Gasteiger partial charge is 0.339 e. The number of benzene rings is 1. The van der Waals surface area contributed by atoms with Crippen LogP contribution in [-0.4, -0.2) is 77.1 Å². The molecule has 1 aromatic carbocycles. The van der Waals surface area contributed by atoms with E-state index in [0.717, 1.165) is 62.5 Å². The van der Waals surface area contributed by atoms with Crippen molar-refractivity contribution in [3.63, 3.8) is 0 Å². The number of carbonyl (C=O) groups is 2. The molecule has 0 N–H and O–H groups in total. The van der Waals surface area contributed by atoms with Crippen LogP contribution in [0.2, 0.25) is 5.02 Å². The lowest BCUT2D eigenvalue weighted by Crippen LogP contribution is -2.56. The Balaban J connectivity index is 1.52. The summed E-state index contributed by atoms with van der Waals surface area (Å²) in [6, 6.07) is 7.72. The highest BCUT2D eigenvalue weighted by Crippen LogP contribution is 2.42. The second-order valence-electron chi connectivity index (χ2n) is 8.32. The zero-order chi connectivity index (χ0) is 21.1. The lowest BCUT2D eigenvalue weighted by molar-refractivity contribution is -0.141. The lowest BCUT2D eigenvalue weighted by atomic mass is 9.93. The molecule has 0 radical (unpaired) electrons. The number of nitrogens with zero attached hydrogens (tertiary/aromatic N) is 3. The van der Waals surface area contributed by atoms with Gasteiger partial charge in [0.2, 0.25) is 5.91 Å². The van der Waals surface area contributed by atoms with E-state index in [1.807, 2.05) is 40.1 Å². The van der Waals surface area contributed by atoms with E-state index in [1.54, 1.807) is 11.8 Å². The second-order valence-corrected chi connectivity index (χ2v) is 10.0. The van der Waals surface area contributed by atoms with E-state index in [4.69, 9.17) is 11.6 Å². The molecule has 2 atom stereocenters. The number of piperazine rings is 1. The summed E-state index contributed by atoms with van der Waals surface area (Å²) in [5.41, 5.74) is 0.926. The van der Waals surface area contributed by atoms with Crippen molar-refractivity contribution in [3.8, 4) is 0 Å². The van der Waals surface area contributed by atoms with Crippen LogP contribution in [0.4, 0.5) is 0 Å². The van der Waals surface area contributed by atoms with Crippen molar-refractivity contribution >= 4 is 41.3 Å². The zero-order valence-electron chi connectivity index (χ0n) is 17.6. The number of likely N-dealkylation sites (N-methyl/N-ethyl adjacent to an activating group) is 1. The first kappa shape index (κ1) is 21.7. The highest BCUT2D eigenvalue weighted by Gasteiger charge is 2.41. The Hall–Kier alpha value is -1.50. The Kier molecular flexibility index (Phi) is 7.06. The monoisotopic (exact) mass is 447 g/mol. The molecule has 2 aliphatic heterocycles. The fourth-order valence-electron chi connectivity index (χ4n) is 4.67. The van der Waals surface area contributed by atoms with E-state index >= 15 is 0 Å². The maximum atomic E-state index is 13.4. The number of halogens is 1. The maximum Gasteiger partial charge on any atom is 0.261 e. The van der Waals surface area contributed by atoms with Crippen LogP contribution in [0.1, 0.15) is 38.2 Å². The van der Waals surface area contributed by atoms with Gasteiger partial charge in [-0.05, 0) is 43.2 Å². The molecule has 2 saturated heterocycles. The first-order valence-electron chi connectivity index (χ1n) is 11.0. The third kappa shape index (κ3) is 4.87. The Morgan fingerprint density at radius 2 is 1.97 bits per heavy atom. The van der Waals surface area contributed by atoms with Crippen molar-refractivity contribution < 1.29 is 9.59 Å². The lowest BCUT2D eigenvalue weighted by Gasteiger charge is -2.44. The molecule has 162 valence electrons. The molecule has 1 saturated carbocycles. The average molecular weight is 448 g/mol. The van der Waals surface area contributed by atoms with Crippen LogP contribution in [0.3, 0.4) is 0 Å². The first-order valence-corrected chi connectivity index (χ1v) is 12.3. The van der Waals surface area contributed by atoms with Crippen molar-refractivity contribution in [2.45, 2.75) is 43.9 Å². The van der Waals surface area contributed by atoms with Crippen molar-refractivity contribution in [1.82, 2.24) is 14.7 Å². The molecule has 4 rings (SSSR count). The summed E-state index contributed by atoms with van der Waals surface area (Å²) >= 11 is 7.82. The van der Waals surface area contributed by atoms with E-state index in [2.05, 4.69) is 11.8 Å². The molecule has 5 nitrogen and oxygen atoms in total. The van der Waals surface area contributed by atoms with Gasteiger partial charge < -0.3 is 14.7 Å². The van der Waals surface area contributed by atoms with E-state index in [9.17, 15) is 9.59 Å². The van der Waals surface area contributed by atoms with E-state index in [-0.39, 0.29) is 24.4 Å². The van der Waals surface area contributed by atoms with Crippen molar-refractivity contribution in [3.05, 3.63) is 39.8 Å². The van der Waals surface area contributed by atoms with Gasteiger partial charge in [-0.1, -0.05) is 43.5 Å². The van der Waals surface area contributed by atoms with Crippen molar-refractivity contribution in [2.24, 2.45) is 0 Å². The van der Waals surface area contributed by atoms with E-state index in [0.29, 0.717) is 10.3 Å². The Morgan fingerprint density at radius 3 is 2.70 bits per heavy atom. The molecule has 30 heavy (non-hydrogen) atoms. The fourth-order valence-corrected chi connectivity index (χ4v) is 6.34. The smallest absolute Gasteiger partial charge is 0.261 e. The summed E-state index contributed by atoms with van der Waals surface area (Å²) in [5, 5.41) is 1.03. The summed E-state index contributed by atoms with van der Waals surface area (Å²) in [4.78, 5) is 33.4. The molecule has 0 bridgehead atoms. The first-order chi connectivity index (χ1) is 14.5.